The second kappa shape index (κ2) is 5.86. The van der Waals surface area contributed by atoms with Gasteiger partial charge in [-0.25, -0.2) is 4.98 Å². The molecule has 0 atom stereocenters. The number of nitrogens with zero attached hydrogens (tertiary/aromatic N) is 1. The van der Waals surface area contributed by atoms with Crippen LogP contribution in [0.1, 0.15) is 5.56 Å². The molecule has 1 aromatic carbocycles. The predicted molar refractivity (Wildman–Crippen MR) is 74.0 cm³/mol. The Morgan fingerprint density at radius 1 is 1.32 bits per heavy atom. The van der Waals surface area contributed by atoms with Crippen LogP contribution in [0.4, 0.5) is 11.5 Å². The third-order valence-corrected chi connectivity index (χ3v) is 2.49. The molecule has 2 rings (SSSR count). The van der Waals surface area contributed by atoms with Crippen molar-refractivity contribution in [2.45, 2.75) is 6.92 Å². The van der Waals surface area contributed by atoms with Gasteiger partial charge in [0.25, 0.3) is 5.91 Å². The van der Waals surface area contributed by atoms with E-state index >= 15 is 0 Å². The Morgan fingerprint density at radius 3 is 2.74 bits per heavy atom. The summed E-state index contributed by atoms with van der Waals surface area (Å²) < 4.78 is 5.29. The number of aromatic nitrogens is 1. The summed E-state index contributed by atoms with van der Waals surface area (Å²) >= 11 is 0. The third-order valence-electron chi connectivity index (χ3n) is 2.49. The molecule has 0 aliphatic rings. The van der Waals surface area contributed by atoms with Crippen LogP contribution in [0.3, 0.4) is 0 Å². The summed E-state index contributed by atoms with van der Waals surface area (Å²) in [6.07, 6.45) is 1.56. The number of hydrogen-bond acceptors (Lipinski definition) is 4. The molecule has 1 amide bonds. The number of nitrogen functional groups attached to an aromatic ring is 1. The van der Waals surface area contributed by atoms with Crippen LogP contribution in [0.5, 0.6) is 5.75 Å². The first-order chi connectivity index (χ1) is 9.15. The molecule has 3 N–H and O–H groups in total. The number of rotatable bonds is 4. The van der Waals surface area contributed by atoms with Crippen LogP contribution in [0.2, 0.25) is 0 Å². The minimum Gasteiger partial charge on any atom is -0.480 e. The average Bonchev–Trinajstić information content (AvgIpc) is 2.40. The molecule has 0 saturated heterocycles. The number of nitrogens with one attached hydrogen (secondary N) is 1. The van der Waals surface area contributed by atoms with Crippen molar-refractivity contribution in [1.82, 2.24) is 4.98 Å². The summed E-state index contributed by atoms with van der Waals surface area (Å²) in [5, 5.41) is 2.73. The number of ether oxygens (including phenoxy) is 1. The molecule has 19 heavy (non-hydrogen) atoms. The maximum atomic E-state index is 11.7. The van der Waals surface area contributed by atoms with Crippen molar-refractivity contribution >= 4 is 17.4 Å². The normalized spacial score (nSPS) is 9.95. The molecule has 0 aliphatic heterocycles. The van der Waals surface area contributed by atoms with E-state index in [1.54, 1.807) is 18.3 Å². The molecular formula is C14H15N3O2. The highest BCUT2D eigenvalue weighted by atomic mass is 16.5. The van der Waals surface area contributed by atoms with Gasteiger partial charge in [-0.15, -0.1) is 0 Å². The van der Waals surface area contributed by atoms with Gasteiger partial charge in [0.05, 0.1) is 0 Å². The van der Waals surface area contributed by atoms with Gasteiger partial charge in [0.15, 0.2) is 18.2 Å². The maximum absolute atomic E-state index is 11.7. The lowest BCUT2D eigenvalue weighted by Gasteiger charge is -2.08. The van der Waals surface area contributed by atoms with Crippen LogP contribution in [0.15, 0.2) is 42.6 Å². The number of nitrogens with two attached hydrogens (primary N) is 1. The number of carbonyl (C=O) groups is 1. The molecule has 0 aliphatic carbocycles. The van der Waals surface area contributed by atoms with E-state index in [4.69, 9.17) is 10.5 Å². The molecule has 0 bridgehead atoms. The molecular weight excluding hydrogens is 242 g/mol. The molecule has 5 nitrogen and oxygen atoms in total. The highest BCUT2D eigenvalue weighted by Crippen LogP contribution is 2.16. The molecule has 0 fully saturated rings. The van der Waals surface area contributed by atoms with E-state index in [0.717, 1.165) is 11.3 Å². The SMILES string of the molecule is Cc1ccc(NC(=O)COc2cccnc2N)cc1. The monoisotopic (exact) mass is 257 g/mol. The minimum atomic E-state index is -0.243. The van der Waals surface area contributed by atoms with Gasteiger partial charge in [-0.05, 0) is 31.2 Å². The first-order valence-corrected chi connectivity index (χ1v) is 5.85. The Labute approximate surface area is 111 Å². The number of aryl methyl sites for hydroxylation is 1. The largest absolute Gasteiger partial charge is 0.480 e. The topological polar surface area (TPSA) is 77.2 Å². The fraction of sp³-hybridized carbons (Fsp3) is 0.143. The van der Waals surface area contributed by atoms with Gasteiger partial charge in [-0.2, -0.15) is 0 Å². The van der Waals surface area contributed by atoms with Gasteiger partial charge in [0, 0.05) is 11.9 Å². The number of carbonyl (C=O) groups excluding carboxylic acids is 1. The number of benzene rings is 1. The van der Waals surface area contributed by atoms with Crippen molar-refractivity contribution in [3.05, 3.63) is 48.2 Å². The van der Waals surface area contributed by atoms with Gasteiger partial charge < -0.3 is 15.8 Å². The zero-order valence-corrected chi connectivity index (χ0v) is 10.6. The lowest BCUT2D eigenvalue weighted by molar-refractivity contribution is -0.118. The molecule has 2 aromatic rings. The van der Waals surface area contributed by atoms with E-state index in [2.05, 4.69) is 10.3 Å². The average molecular weight is 257 g/mol. The van der Waals surface area contributed by atoms with Crippen molar-refractivity contribution < 1.29 is 9.53 Å². The van der Waals surface area contributed by atoms with E-state index in [1.165, 1.54) is 0 Å². The van der Waals surface area contributed by atoms with Gasteiger partial charge >= 0.3 is 0 Å². The molecule has 5 heteroatoms. The molecule has 0 saturated carbocycles. The fourth-order valence-electron chi connectivity index (χ4n) is 1.50. The smallest absolute Gasteiger partial charge is 0.262 e. The second-order valence-corrected chi connectivity index (χ2v) is 4.09. The Bertz CT molecular complexity index is 567. The zero-order valence-electron chi connectivity index (χ0n) is 10.6. The Balaban J connectivity index is 1.88. The summed E-state index contributed by atoms with van der Waals surface area (Å²) in [7, 11) is 0. The van der Waals surface area contributed by atoms with Crippen molar-refractivity contribution in [2.75, 3.05) is 17.7 Å². The quantitative estimate of drug-likeness (QED) is 0.878. The molecule has 98 valence electrons. The van der Waals surface area contributed by atoms with Gasteiger partial charge in [-0.3, -0.25) is 4.79 Å². The van der Waals surface area contributed by atoms with Gasteiger partial charge in [-0.1, -0.05) is 17.7 Å². The zero-order chi connectivity index (χ0) is 13.7. The van der Waals surface area contributed by atoms with Crippen LogP contribution in [-0.2, 0) is 4.79 Å². The minimum absolute atomic E-state index is 0.107. The van der Waals surface area contributed by atoms with E-state index < -0.39 is 0 Å². The number of amides is 1. The lowest BCUT2D eigenvalue weighted by atomic mass is 10.2. The van der Waals surface area contributed by atoms with Crippen molar-refractivity contribution in [3.8, 4) is 5.75 Å². The lowest BCUT2D eigenvalue weighted by Crippen LogP contribution is -2.20. The van der Waals surface area contributed by atoms with Crippen LogP contribution in [-0.4, -0.2) is 17.5 Å². The highest BCUT2D eigenvalue weighted by Gasteiger charge is 2.05. The molecule has 1 aromatic heterocycles. The Kier molecular flexibility index (Phi) is 3.97. The van der Waals surface area contributed by atoms with E-state index in [0.29, 0.717) is 5.75 Å². The molecule has 0 radical (unpaired) electrons. The van der Waals surface area contributed by atoms with Crippen LogP contribution in [0, 0.1) is 6.92 Å². The third kappa shape index (κ3) is 3.70. The van der Waals surface area contributed by atoms with Crippen LogP contribution >= 0.6 is 0 Å². The number of anilines is 2. The fourth-order valence-corrected chi connectivity index (χ4v) is 1.50. The van der Waals surface area contributed by atoms with E-state index in [9.17, 15) is 4.79 Å². The Hall–Kier alpha value is -2.56. The number of pyridine rings is 1. The van der Waals surface area contributed by atoms with Crippen molar-refractivity contribution in [3.63, 3.8) is 0 Å². The summed E-state index contributed by atoms with van der Waals surface area (Å²) in [4.78, 5) is 15.6. The second-order valence-electron chi connectivity index (χ2n) is 4.09. The van der Waals surface area contributed by atoms with Crippen LogP contribution < -0.4 is 15.8 Å². The summed E-state index contributed by atoms with van der Waals surface area (Å²) in [5.41, 5.74) is 7.48. The van der Waals surface area contributed by atoms with E-state index in [1.807, 2.05) is 31.2 Å². The Morgan fingerprint density at radius 2 is 2.05 bits per heavy atom. The first kappa shape index (κ1) is 12.9. The summed E-state index contributed by atoms with van der Waals surface area (Å²) in [6.45, 7) is 1.88. The van der Waals surface area contributed by atoms with Crippen molar-refractivity contribution in [1.29, 1.82) is 0 Å². The van der Waals surface area contributed by atoms with Gasteiger partial charge in [0.1, 0.15) is 0 Å². The van der Waals surface area contributed by atoms with Gasteiger partial charge in [0.2, 0.25) is 0 Å². The molecule has 1 heterocycles. The predicted octanol–water partition coefficient (Wildman–Crippen LogP) is 1.99. The summed E-state index contributed by atoms with van der Waals surface area (Å²) in [5.74, 6) is 0.430. The van der Waals surface area contributed by atoms with Crippen molar-refractivity contribution in [2.24, 2.45) is 0 Å². The first-order valence-electron chi connectivity index (χ1n) is 5.85. The van der Waals surface area contributed by atoms with E-state index in [-0.39, 0.29) is 18.3 Å². The standard InChI is InChI=1S/C14H15N3O2/c1-10-4-6-11(7-5-10)17-13(18)9-19-12-3-2-8-16-14(12)15/h2-8H,9H2,1H3,(H2,15,16)(H,17,18). The van der Waals surface area contributed by atoms with Crippen LogP contribution in [0.25, 0.3) is 0 Å². The highest BCUT2D eigenvalue weighted by molar-refractivity contribution is 5.91. The summed E-state index contributed by atoms with van der Waals surface area (Å²) in [6, 6.07) is 10.9. The molecule has 0 spiro atoms. The number of hydrogen-bond donors (Lipinski definition) is 2. The molecule has 0 unspecified atom stereocenters. The maximum Gasteiger partial charge on any atom is 0.262 e.